The van der Waals surface area contributed by atoms with E-state index in [-0.39, 0.29) is 24.7 Å². The van der Waals surface area contributed by atoms with Crippen LogP contribution in [0.1, 0.15) is 60.3 Å². The predicted octanol–water partition coefficient (Wildman–Crippen LogP) is 2.96. The summed E-state index contributed by atoms with van der Waals surface area (Å²) < 4.78 is 27.8. The summed E-state index contributed by atoms with van der Waals surface area (Å²) in [7, 11) is 0. The second-order valence-corrected chi connectivity index (χ2v) is 8.73. The van der Waals surface area contributed by atoms with Crippen LogP contribution in [0.3, 0.4) is 0 Å². The number of carbonyl (C=O) groups excluding carboxylic acids is 3. The largest absolute Gasteiger partial charge is 0.508 e. The molecule has 0 aromatic carbocycles. The SMILES string of the molecule is CCCCOCCOC1C[C@H](N2C=C(C)C(=O)CC2=O)O[C@@H]1COC(=O)OC(C)(C)C. The molecule has 1 fully saturated rings. The van der Waals surface area contributed by atoms with Crippen LogP contribution in [0, 0.1) is 0 Å². The number of allylic oxidation sites excluding steroid dienone is 1. The van der Waals surface area contributed by atoms with Gasteiger partial charge in [0.25, 0.3) is 0 Å². The lowest BCUT2D eigenvalue weighted by atomic mass is 10.1. The molecule has 3 atom stereocenters. The minimum Gasteiger partial charge on any atom is -0.431 e. The topological polar surface area (TPSA) is 101 Å². The first-order valence-corrected chi connectivity index (χ1v) is 10.8. The van der Waals surface area contributed by atoms with Gasteiger partial charge in [0.05, 0.1) is 25.7 Å². The number of Topliss-reactive ketones (excluding diaryl/α,β-unsaturated/α-hetero) is 1. The van der Waals surface area contributed by atoms with Crippen LogP contribution >= 0.6 is 0 Å². The molecule has 2 rings (SSSR count). The van der Waals surface area contributed by atoms with E-state index >= 15 is 0 Å². The average molecular weight is 442 g/mol. The standard InChI is InChI=1S/C22H35NO8/c1-6-7-8-27-9-10-28-17-12-20(23-13-15(2)16(24)11-19(23)25)30-18(17)14-29-21(26)31-22(3,4)5/h13,17-18,20H,6-12,14H2,1-5H3/t17?,18-,20-/m1/s1. The van der Waals surface area contributed by atoms with Crippen molar-refractivity contribution in [3.63, 3.8) is 0 Å². The molecule has 0 radical (unpaired) electrons. The van der Waals surface area contributed by atoms with Crippen molar-refractivity contribution >= 4 is 17.8 Å². The van der Waals surface area contributed by atoms with Gasteiger partial charge in [-0.15, -0.1) is 0 Å². The minimum atomic E-state index is -0.795. The molecule has 0 bridgehead atoms. The van der Waals surface area contributed by atoms with Gasteiger partial charge in [-0.05, 0) is 34.1 Å². The Kier molecular flexibility index (Phi) is 9.46. The van der Waals surface area contributed by atoms with Gasteiger partial charge in [-0.2, -0.15) is 0 Å². The fourth-order valence-electron chi connectivity index (χ4n) is 3.20. The fraction of sp³-hybridized carbons (Fsp3) is 0.773. The number of carbonyl (C=O) groups is 3. The first-order chi connectivity index (χ1) is 14.6. The molecular weight excluding hydrogens is 406 g/mol. The Hall–Kier alpha value is -1.97. The Balaban J connectivity index is 1.96. The fourth-order valence-corrected chi connectivity index (χ4v) is 3.20. The van der Waals surface area contributed by atoms with Crippen LogP contribution in [0.2, 0.25) is 0 Å². The number of amides is 1. The Morgan fingerprint density at radius 1 is 1.23 bits per heavy atom. The molecule has 0 aliphatic carbocycles. The monoisotopic (exact) mass is 441 g/mol. The molecule has 2 heterocycles. The average Bonchev–Trinajstić information content (AvgIpc) is 3.07. The first kappa shape index (κ1) is 25.3. The molecule has 0 aromatic heterocycles. The van der Waals surface area contributed by atoms with Crippen LogP contribution in [0.25, 0.3) is 0 Å². The smallest absolute Gasteiger partial charge is 0.431 e. The maximum atomic E-state index is 12.3. The van der Waals surface area contributed by atoms with E-state index in [1.165, 1.54) is 11.1 Å². The zero-order valence-electron chi connectivity index (χ0n) is 19.2. The summed E-state index contributed by atoms with van der Waals surface area (Å²) in [5, 5.41) is 0. The molecular formula is C22H35NO8. The maximum absolute atomic E-state index is 12.3. The van der Waals surface area contributed by atoms with Crippen LogP contribution in [-0.4, -0.2) is 73.2 Å². The number of rotatable bonds is 10. The van der Waals surface area contributed by atoms with Crippen molar-refractivity contribution in [3.8, 4) is 0 Å². The van der Waals surface area contributed by atoms with E-state index in [9.17, 15) is 14.4 Å². The highest BCUT2D eigenvalue weighted by molar-refractivity contribution is 6.09. The molecule has 0 saturated carbocycles. The summed E-state index contributed by atoms with van der Waals surface area (Å²) in [6.07, 6.45) is 1.39. The van der Waals surface area contributed by atoms with Crippen molar-refractivity contribution in [2.45, 2.75) is 84.3 Å². The van der Waals surface area contributed by atoms with Crippen molar-refractivity contribution in [2.75, 3.05) is 26.4 Å². The van der Waals surface area contributed by atoms with E-state index in [0.717, 1.165) is 12.8 Å². The van der Waals surface area contributed by atoms with Gasteiger partial charge < -0.3 is 23.7 Å². The van der Waals surface area contributed by atoms with E-state index in [2.05, 4.69) is 6.92 Å². The highest BCUT2D eigenvalue weighted by Crippen LogP contribution is 2.29. The second-order valence-electron chi connectivity index (χ2n) is 8.73. The molecule has 31 heavy (non-hydrogen) atoms. The summed E-state index contributed by atoms with van der Waals surface area (Å²) in [4.78, 5) is 37.5. The van der Waals surface area contributed by atoms with Gasteiger partial charge in [0, 0.05) is 24.8 Å². The molecule has 0 spiro atoms. The molecule has 9 nitrogen and oxygen atoms in total. The van der Waals surface area contributed by atoms with Crippen LogP contribution in [0.15, 0.2) is 11.8 Å². The highest BCUT2D eigenvalue weighted by Gasteiger charge is 2.42. The molecule has 176 valence electrons. The van der Waals surface area contributed by atoms with Crippen LogP contribution in [0.4, 0.5) is 4.79 Å². The van der Waals surface area contributed by atoms with Gasteiger partial charge in [-0.1, -0.05) is 13.3 Å². The summed E-state index contributed by atoms with van der Waals surface area (Å²) in [6, 6.07) is 0. The Labute approximate surface area is 184 Å². The molecule has 0 aromatic rings. The van der Waals surface area contributed by atoms with Crippen LogP contribution in [-0.2, 0) is 33.3 Å². The lowest BCUT2D eigenvalue weighted by molar-refractivity contribution is -0.145. The van der Waals surface area contributed by atoms with Crippen molar-refractivity contribution in [1.29, 1.82) is 0 Å². The molecule has 1 amide bonds. The number of ketones is 1. The number of nitrogens with zero attached hydrogens (tertiary/aromatic N) is 1. The third-order valence-electron chi connectivity index (χ3n) is 4.82. The Morgan fingerprint density at radius 3 is 2.65 bits per heavy atom. The van der Waals surface area contributed by atoms with Gasteiger partial charge in [0.15, 0.2) is 5.78 Å². The molecule has 1 saturated heterocycles. The third kappa shape index (κ3) is 8.23. The van der Waals surface area contributed by atoms with Crippen molar-refractivity contribution in [2.24, 2.45) is 0 Å². The van der Waals surface area contributed by atoms with Crippen molar-refractivity contribution < 1.29 is 38.1 Å². The zero-order chi connectivity index (χ0) is 23.0. The van der Waals surface area contributed by atoms with E-state index < -0.39 is 30.2 Å². The van der Waals surface area contributed by atoms with E-state index in [1.54, 1.807) is 27.7 Å². The van der Waals surface area contributed by atoms with Crippen molar-refractivity contribution in [3.05, 3.63) is 11.8 Å². The summed E-state index contributed by atoms with van der Waals surface area (Å²) in [5.74, 6) is -0.517. The second kappa shape index (κ2) is 11.6. The highest BCUT2D eigenvalue weighted by atomic mass is 16.7. The molecule has 2 aliphatic rings. The van der Waals surface area contributed by atoms with Crippen LogP contribution in [0.5, 0.6) is 0 Å². The Bertz CT molecular complexity index is 669. The summed E-state index contributed by atoms with van der Waals surface area (Å²) >= 11 is 0. The van der Waals surface area contributed by atoms with Crippen molar-refractivity contribution in [1.82, 2.24) is 4.90 Å². The maximum Gasteiger partial charge on any atom is 0.508 e. The third-order valence-corrected chi connectivity index (χ3v) is 4.82. The first-order valence-electron chi connectivity index (χ1n) is 10.8. The van der Waals surface area contributed by atoms with E-state index in [4.69, 9.17) is 23.7 Å². The summed E-state index contributed by atoms with van der Waals surface area (Å²) in [6.45, 7) is 10.4. The lowest BCUT2D eigenvalue weighted by Gasteiger charge is -2.28. The lowest BCUT2D eigenvalue weighted by Crippen LogP contribution is -2.40. The normalized spacial score (nSPS) is 24.4. The number of unbranched alkanes of at least 4 members (excludes halogenated alkanes) is 1. The van der Waals surface area contributed by atoms with Gasteiger partial charge in [0.2, 0.25) is 5.91 Å². The number of ether oxygens (including phenoxy) is 5. The van der Waals surface area contributed by atoms with Crippen LogP contribution < -0.4 is 0 Å². The van der Waals surface area contributed by atoms with Gasteiger partial charge >= 0.3 is 6.16 Å². The zero-order valence-corrected chi connectivity index (χ0v) is 19.2. The summed E-state index contributed by atoms with van der Waals surface area (Å²) in [5.41, 5.74) is -0.171. The predicted molar refractivity (Wildman–Crippen MR) is 111 cm³/mol. The van der Waals surface area contributed by atoms with Gasteiger partial charge in [0.1, 0.15) is 24.5 Å². The van der Waals surface area contributed by atoms with Gasteiger partial charge in [-0.25, -0.2) is 4.79 Å². The number of hydrogen-bond donors (Lipinski definition) is 0. The van der Waals surface area contributed by atoms with E-state index in [0.29, 0.717) is 31.8 Å². The number of hydrogen-bond acceptors (Lipinski definition) is 8. The molecule has 0 N–H and O–H groups in total. The molecule has 9 heteroatoms. The Morgan fingerprint density at radius 2 is 1.97 bits per heavy atom. The molecule has 2 aliphatic heterocycles. The van der Waals surface area contributed by atoms with Gasteiger partial charge in [-0.3, -0.25) is 14.5 Å². The minimum absolute atomic E-state index is 0.0730. The van der Waals surface area contributed by atoms with E-state index in [1.807, 2.05) is 0 Å². The quantitative estimate of drug-likeness (QED) is 0.290. The molecule has 1 unspecified atom stereocenters.